The molecule has 4 atom stereocenters. The summed E-state index contributed by atoms with van der Waals surface area (Å²) in [6.07, 6.45) is 2.17. The highest BCUT2D eigenvalue weighted by atomic mass is 16.5. The smallest absolute Gasteiger partial charge is 0.339 e. The van der Waals surface area contributed by atoms with Crippen LogP contribution in [0, 0.1) is 5.41 Å². The lowest BCUT2D eigenvalue weighted by molar-refractivity contribution is 0.0693. The van der Waals surface area contributed by atoms with Crippen molar-refractivity contribution in [2.45, 2.75) is 18.4 Å². The molecule has 5 rings (SSSR count). The number of hydrogen-bond donors (Lipinski definition) is 1. The number of benzene rings is 1. The maximum absolute atomic E-state index is 11.5. The van der Waals surface area contributed by atoms with Gasteiger partial charge in [0.1, 0.15) is 11.3 Å². The van der Waals surface area contributed by atoms with Crippen LogP contribution in [0.1, 0.15) is 22.3 Å². The van der Waals surface area contributed by atoms with Gasteiger partial charge >= 0.3 is 5.97 Å². The Bertz CT molecular complexity index is 719. The van der Waals surface area contributed by atoms with Crippen LogP contribution in [0.25, 0.3) is 0 Å². The largest absolute Gasteiger partial charge is 0.496 e. The standard InChI is InChI=1S/C18H23N3O3/c1-24-15-3-2-13(6-14(15)16(22)23)7-17-4-5-21-12-20-10-18(17,21)9-19(8-17)11-20/h2-3,6H,4-5,7-12H2,1H3,(H,22,23). The molecule has 0 amide bonds. The number of carboxylic acids is 1. The van der Waals surface area contributed by atoms with Crippen LogP contribution in [-0.2, 0) is 6.42 Å². The van der Waals surface area contributed by atoms with E-state index in [2.05, 4.69) is 14.7 Å². The number of carbonyl (C=O) groups is 1. The van der Waals surface area contributed by atoms with Crippen molar-refractivity contribution in [2.75, 3.05) is 46.6 Å². The summed E-state index contributed by atoms with van der Waals surface area (Å²) in [5.41, 5.74) is 1.92. The van der Waals surface area contributed by atoms with Crippen molar-refractivity contribution in [3.05, 3.63) is 29.3 Å². The molecule has 128 valence electrons. The van der Waals surface area contributed by atoms with Crippen molar-refractivity contribution in [1.29, 1.82) is 0 Å². The van der Waals surface area contributed by atoms with Gasteiger partial charge in [0.25, 0.3) is 0 Å². The lowest BCUT2D eigenvalue weighted by atomic mass is 9.69. The summed E-state index contributed by atoms with van der Waals surface area (Å²) in [6, 6.07) is 5.67. The molecular formula is C18H23N3O3. The molecule has 0 aromatic heterocycles. The van der Waals surface area contributed by atoms with E-state index in [4.69, 9.17) is 4.74 Å². The molecule has 4 aliphatic heterocycles. The molecule has 4 aliphatic rings. The fourth-order valence-corrected chi connectivity index (χ4v) is 5.87. The predicted molar refractivity (Wildman–Crippen MR) is 88.2 cm³/mol. The summed E-state index contributed by atoms with van der Waals surface area (Å²) >= 11 is 0. The molecule has 4 unspecified atom stereocenters. The second kappa shape index (κ2) is 4.71. The van der Waals surface area contributed by atoms with Crippen molar-refractivity contribution >= 4 is 5.97 Å². The van der Waals surface area contributed by atoms with Gasteiger partial charge in [0, 0.05) is 31.6 Å². The Morgan fingerprint density at radius 2 is 2.08 bits per heavy atom. The monoisotopic (exact) mass is 329 g/mol. The van der Waals surface area contributed by atoms with Gasteiger partial charge in [0.05, 0.1) is 26.0 Å². The quantitative estimate of drug-likeness (QED) is 0.887. The van der Waals surface area contributed by atoms with Crippen molar-refractivity contribution < 1.29 is 14.6 Å². The van der Waals surface area contributed by atoms with Crippen LogP contribution in [0.3, 0.4) is 0 Å². The second-order valence-corrected chi connectivity index (χ2v) is 7.94. The first kappa shape index (κ1) is 14.7. The van der Waals surface area contributed by atoms with E-state index in [1.54, 1.807) is 0 Å². The molecule has 3 bridgehead atoms. The minimum Gasteiger partial charge on any atom is -0.496 e. The summed E-state index contributed by atoms with van der Waals surface area (Å²) in [7, 11) is 1.52. The number of fused-ring (bicyclic) bond motifs is 2. The normalized spacial score (nSPS) is 39.4. The maximum atomic E-state index is 11.5. The highest BCUT2D eigenvalue weighted by Crippen LogP contribution is 2.57. The topological polar surface area (TPSA) is 56.2 Å². The average Bonchev–Trinajstić information content (AvgIpc) is 3.07. The SMILES string of the molecule is COc1ccc(CC23CCN4CN5CN(C2)CC43C5)cc1C(=O)O. The molecule has 0 aliphatic carbocycles. The van der Waals surface area contributed by atoms with Crippen LogP contribution < -0.4 is 4.74 Å². The first-order valence-electron chi connectivity index (χ1n) is 8.65. The van der Waals surface area contributed by atoms with Gasteiger partial charge in [-0.3, -0.25) is 14.7 Å². The third kappa shape index (κ3) is 1.74. The molecule has 6 nitrogen and oxygen atoms in total. The Morgan fingerprint density at radius 1 is 1.25 bits per heavy atom. The Hall–Kier alpha value is -1.63. The fourth-order valence-electron chi connectivity index (χ4n) is 5.87. The number of aromatic carboxylic acids is 1. The van der Waals surface area contributed by atoms with Gasteiger partial charge in [-0.1, -0.05) is 6.07 Å². The van der Waals surface area contributed by atoms with E-state index >= 15 is 0 Å². The number of nitrogens with zero attached hydrogens (tertiary/aromatic N) is 3. The fraction of sp³-hybridized carbons (Fsp3) is 0.611. The number of rotatable bonds is 4. The number of methoxy groups -OCH3 is 1. The zero-order valence-electron chi connectivity index (χ0n) is 14.0. The minimum absolute atomic E-state index is 0.253. The zero-order valence-corrected chi connectivity index (χ0v) is 14.0. The molecular weight excluding hydrogens is 306 g/mol. The summed E-state index contributed by atoms with van der Waals surface area (Å²) in [4.78, 5) is 19.4. The number of carboxylic acid groups (broad SMARTS) is 1. The molecule has 1 aromatic carbocycles. The Morgan fingerprint density at radius 3 is 2.88 bits per heavy atom. The van der Waals surface area contributed by atoms with Crippen LogP contribution in [0.2, 0.25) is 0 Å². The lowest BCUT2D eigenvalue weighted by Gasteiger charge is -2.40. The van der Waals surface area contributed by atoms with Gasteiger partial charge in [-0.2, -0.15) is 0 Å². The number of hydrogen-bond acceptors (Lipinski definition) is 5. The molecule has 6 heteroatoms. The highest BCUT2D eigenvalue weighted by molar-refractivity contribution is 5.91. The van der Waals surface area contributed by atoms with Crippen LogP contribution >= 0.6 is 0 Å². The Balaban J connectivity index is 1.52. The first-order chi connectivity index (χ1) is 11.6. The van der Waals surface area contributed by atoms with Crippen molar-refractivity contribution in [2.24, 2.45) is 5.41 Å². The second-order valence-electron chi connectivity index (χ2n) is 7.94. The molecule has 1 spiro atoms. The molecule has 4 fully saturated rings. The Labute approximate surface area is 141 Å². The molecule has 24 heavy (non-hydrogen) atoms. The third-order valence-electron chi connectivity index (χ3n) is 6.76. The summed E-state index contributed by atoms with van der Waals surface area (Å²) in [6.45, 7) is 6.84. The Kier molecular flexibility index (Phi) is 2.89. The van der Waals surface area contributed by atoms with E-state index in [9.17, 15) is 9.90 Å². The van der Waals surface area contributed by atoms with Crippen LogP contribution in [0.5, 0.6) is 5.75 Å². The molecule has 0 saturated carbocycles. The maximum Gasteiger partial charge on any atom is 0.339 e. The average molecular weight is 329 g/mol. The summed E-state index contributed by atoms with van der Waals surface area (Å²) in [5.74, 6) is -0.478. The van der Waals surface area contributed by atoms with Crippen LogP contribution in [-0.4, -0.2) is 77.9 Å². The van der Waals surface area contributed by atoms with E-state index in [1.807, 2.05) is 18.2 Å². The van der Waals surface area contributed by atoms with Crippen molar-refractivity contribution in [3.8, 4) is 5.75 Å². The summed E-state index contributed by atoms with van der Waals surface area (Å²) in [5, 5.41) is 9.46. The molecule has 0 radical (unpaired) electrons. The lowest BCUT2D eigenvalue weighted by Crippen LogP contribution is -2.54. The first-order valence-corrected chi connectivity index (χ1v) is 8.65. The molecule has 1 aromatic rings. The zero-order chi connectivity index (χ0) is 16.5. The van der Waals surface area contributed by atoms with Gasteiger partial charge in [0.15, 0.2) is 0 Å². The minimum atomic E-state index is -0.918. The van der Waals surface area contributed by atoms with Gasteiger partial charge in [-0.25, -0.2) is 4.79 Å². The van der Waals surface area contributed by atoms with E-state index < -0.39 is 5.97 Å². The van der Waals surface area contributed by atoms with Crippen molar-refractivity contribution in [3.63, 3.8) is 0 Å². The van der Waals surface area contributed by atoms with Gasteiger partial charge < -0.3 is 9.84 Å². The van der Waals surface area contributed by atoms with E-state index in [0.29, 0.717) is 5.75 Å². The molecule has 4 heterocycles. The van der Waals surface area contributed by atoms with Gasteiger partial charge in [0.2, 0.25) is 0 Å². The third-order valence-corrected chi connectivity index (χ3v) is 6.76. The predicted octanol–water partition coefficient (Wildman–Crippen LogP) is 0.927. The summed E-state index contributed by atoms with van der Waals surface area (Å²) < 4.78 is 5.20. The molecule has 1 N–H and O–H groups in total. The van der Waals surface area contributed by atoms with Gasteiger partial charge in [-0.15, -0.1) is 0 Å². The highest BCUT2D eigenvalue weighted by Gasteiger charge is 2.68. The van der Waals surface area contributed by atoms with E-state index in [1.165, 1.54) is 33.2 Å². The number of ether oxygens (including phenoxy) is 1. The van der Waals surface area contributed by atoms with Crippen LogP contribution in [0.15, 0.2) is 18.2 Å². The van der Waals surface area contributed by atoms with Crippen LogP contribution in [0.4, 0.5) is 0 Å². The van der Waals surface area contributed by atoms with Gasteiger partial charge in [-0.05, 0) is 30.5 Å². The van der Waals surface area contributed by atoms with E-state index in [-0.39, 0.29) is 16.5 Å². The van der Waals surface area contributed by atoms with Crippen molar-refractivity contribution in [1.82, 2.24) is 14.7 Å². The molecule has 4 saturated heterocycles. The van der Waals surface area contributed by atoms with E-state index in [0.717, 1.165) is 31.9 Å².